The minimum Gasteiger partial charge on any atom is -0.312 e. The molecule has 20 heavy (non-hydrogen) atoms. The Morgan fingerprint density at radius 3 is 2.45 bits per heavy atom. The number of nitrogens with zero attached hydrogens (tertiary/aromatic N) is 2. The third kappa shape index (κ3) is 2.03. The van der Waals surface area contributed by atoms with Crippen LogP contribution in [-0.4, -0.2) is 54.0 Å². The second kappa shape index (κ2) is 5.34. The van der Waals surface area contributed by atoms with Gasteiger partial charge in [-0.2, -0.15) is 0 Å². The quantitative estimate of drug-likeness (QED) is 0.832. The van der Waals surface area contributed by atoms with Crippen molar-refractivity contribution in [3.8, 4) is 0 Å². The van der Waals surface area contributed by atoms with E-state index in [4.69, 9.17) is 0 Å². The second-order valence-electron chi connectivity index (χ2n) is 5.25. The third-order valence-electron chi connectivity index (χ3n) is 3.96. The molecule has 1 aromatic rings. The maximum atomic E-state index is 12.5. The summed E-state index contributed by atoms with van der Waals surface area (Å²) in [5, 5.41) is 3.28. The normalized spacial score (nSPS) is 23.2. The molecular weight excluding hydrogens is 254 g/mol. The van der Waals surface area contributed by atoms with Crippen LogP contribution in [0.3, 0.4) is 0 Å². The van der Waals surface area contributed by atoms with E-state index in [0.717, 1.165) is 26.1 Å². The van der Waals surface area contributed by atoms with Gasteiger partial charge in [-0.15, -0.1) is 0 Å². The van der Waals surface area contributed by atoms with E-state index in [9.17, 15) is 9.59 Å². The van der Waals surface area contributed by atoms with E-state index in [1.54, 1.807) is 24.3 Å². The Morgan fingerprint density at radius 2 is 1.85 bits per heavy atom. The minimum atomic E-state index is -0.170. The molecule has 0 bridgehead atoms. The van der Waals surface area contributed by atoms with Gasteiger partial charge in [-0.1, -0.05) is 19.1 Å². The fourth-order valence-electron chi connectivity index (χ4n) is 3.01. The van der Waals surface area contributed by atoms with Crippen molar-refractivity contribution in [2.24, 2.45) is 0 Å². The summed E-state index contributed by atoms with van der Waals surface area (Å²) in [6.07, 6.45) is 0.843. The Kier molecular flexibility index (Phi) is 3.54. The van der Waals surface area contributed by atoms with Crippen LogP contribution in [0, 0.1) is 0 Å². The zero-order valence-electron chi connectivity index (χ0n) is 11.6. The van der Waals surface area contributed by atoms with E-state index in [2.05, 4.69) is 17.1 Å². The van der Waals surface area contributed by atoms with Crippen LogP contribution in [0.15, 0.2) is 24.3 Å². The van der Waals surface area contributed by atoms with Crippen molar-refractivity contribution in [2.75, 3.05) is 26.2 Å². The summed E-state index contributed by atoms with van der Waals surface area (Å²) in [5.41, 5.74) is 1.05. The summed E-state index contributed by atoms with van der Waals surface area (Å²) >= 11 is 0. The molecule has 0 aromatic heterocycles. The fourth-order valence-corrected chi connectivity index (χ4v) is 3.01. The molecule has 2 heterocycles. The Bertz CT molecular complexity index is 507. The first kappa shape index (κ1) is 13.3. The average molecular weight is 273 g/mol. The molecule has 2 aliphatic rings. The lowest BCUT2D eigenvalue weighted by atomic mass is 10.1. The van der Waals surface area contributed by atoms with Crippen molar-refractivity contribution >= 4 is 11.8 Å². The summed E-state index contributed by atoms with van der Waals surface area (Å²) in [6, 6.07) is 7.07. The zero-order valence-corrected chi connectivity index (χ0v) is 11.6. The number of carbonyl (C=O) groups excluding carboxylic acids is 2. The number of rotatable bonds is 3. The Labute approximate surface area is 118 Å². The highest BCUT2D eigenvalue weighted by atomic mass is 16.2. The van der Waals surface area contributed by atoms with Crippen LogP contribution in [0.1, 0.15) is 34.1 Å². The molecule has 1 N–H and O–H groups in total. The van der Waals surface area contributed by atoms with Crippen molar-refractivity contribution in [1.29, 1.82) is 0 Å². The van der Waals surface area contributed by atoms with Gasteiger partial charge in [-0.25, -0.2) is 0 Å². The molecule has 106 valence electrons. The second-order valence-corrected chi connectivity index (χ2v) is 5.25. The number of piperazine rings is 1. The average Bonchev–Trinajstić information content (AvgIpc) is 2.73. The summed E-state index contributed by atoms with van der Waals surface area (Å²) < 4.78 is 0. The van der Waals surface area contributed by atoms with Gasteiger partial charge in [0.2, 0.25) is 0 Å². The Morgan fingerprint density at radius 1 is 1.20 bits per heavy atom. The van der Waals surface area contributed by atoms with Gasteiger partial charge in [0.15, 0.2) is 0 Å². The zero-order chi connectivity index (χ0) is 14.1. The fraction of sp³-hybridized carbons (Fsp3) is 0.467. The lowest BCUT2D eigenvalue weighted by molar-refractivity contribution is 0.0230. The van der Waals surface area contributed by atoms with E-state index in [0.29, 0.717) is 17.7 Å². The molecule has 0 aliphatic carbocycles. The molecule has 1 fully saturated rings. The van der Waals surface area contributed by atoms with E-state index < -0.39 is 0 Å². The first-order valence-electron chi connectivity index (χ1n) is 7.15. The van der Waals surface area contributed by atoms with Crippen LogP contribution in [0.4, 0.5) is 0 Å². The molecule has 1 saturated heterocycles. The van der Waals surface area contributed by atoms with Crippen LogP contribution in [-0.2, 0) is 0 Å². The van der Waals surface area contributed by atoms with E-state index >= 15 is 0 Å². The lowest BCUT2D eigenvalue weighted by Gasteiger charge is -2.40. The highest BCUT2D eigenvalue weighted by Crippen LogP contribution is 2.26. The maximum Gasteiger partial charge on any atom is 0.262 e. The minimum absolute atomic E-state index is 0.166. The number of imide groups is 1. The molecule has 1 aromatic carbocycles. The van der Waals surface area contributed by atoms with Gasteiger partial charge in [0.1, 0.15) is 6.17 Å². The molecule has 0 radical (unpaired) electrons. The number of hydrogen-bond acceptors (Lipinski definition) is 4. The third-order valence-corrected chi connectivity index (χ3v) is 3.96. The van der Waals surface area contributed by atoms with E-state index in [-0.39, 0.29) is 18.0 Å². The molecule has 5 heteroatoms. The molecule has 2 aliphatic heterocycles. The molecule has 1 unspecified atom stereocenters. The van der Waals surface area contributed by atoms with Crippen LogP contribution in [0.2, 0.25) is 0 Å². The predicted octanol–water partition coefficient (Wildman–Crippen LogP) is 0.924. The first-order valence-corrected chi connectivity index (χ1v) is 7.15. The van der Waals surface area contributed by atoms with Crippen LogP contribution in [0.25, 0.3) is 0 Å². The summed E-state index contributed by atoms with van der Waals surface area (Å²) in [4.78, 5) is 28.7. The van der Waals surface area contributed by atoms with Crippen molar-refractivity contribution < 1.29 is 9.59 Å². The van der Waals surface area contributed by atoms with Gasteiger partial charge in [-0.05, 0) is 25.1 Å². The van der Waals surface area contributed by atoms with E-state index in [1.165, 1.54) is 4.90 Å². The molecule has 3 rings (SSSR count). The number of nitrogens with one attached hydrogen (secondary N) is 1. The lowest BCUT2D eigenvalue weighted by Crippen LogP contribution is -2.60. The SMILES string of the molecule is CCCN1CCNCC1N1C(=O)c2ccccc2C1=O. The van der Waals surface area contributed by atoms with Gasteiger partial charge in [0, 0.05) is 19.6 Å². The molecule has 0 spiro atoms. The number of amides is 2. The van der Waals surface area contributed by atoms with Crippen LogP contribution in [0.5, 0.6) is 0 Å². The van der Waals surface area contributed by atoms with Gasteiger partial charge in [0.25, 0.3) is 11.8 Å². The highest BCUT2D eigenvalue weighted by Gasteiger charge is 2.42. The molecule has 0 saturated carbocycles. The Balaban J connectivity index is 1.91. The number of benzene rings is 1. The van der Waals surface area contributed by atoms with E-state index in [1.807, 2.05) is 0 Å². The maximum absolute atomic E-state index is 12.5. The number of hydrogen-bond donors (Lipinski definition) is 1. The predicted molar refractivity (Wildman–Crippen MR) is 75.5 cm³/mol. The molecular formula is C15H19N3O2. The molecule has 5 nitrogen and oxygen atoms in total. The largest absolute Gasteiger partial charge is 0.312 e. The number of fused-ring (bicyclic) bond motifs is 1. The van der Waals surface area contributed by atoms with Crippen LogP contribution >= 0.6 is 0 Å². The summed E-state index contributed by atoms with van der Waals surface area (Å²) in [7, 11) is 0. The van der Waals surface area contributed by atoms with Crippen molar-refractivity contribution in [2.45, 2.75) is 19.5 Å². The van der Waals surface area contributed by atoms with Gasteiger partial charge < -0.3 is 5.32 Å². The summed E-state index contributed by atoms with van der Waals surface area (Å²) in [6.45, 7) is 5.43. The first-order chi connectivity index (χ1) is 9.74. The monoisotopic (exact) mass is 273 g/mol. The standard InChI is InChI=1S/C15H19N3O2/c1-2-8-17-9-7-16-10-13(17)18-14(19)11-5-3-4-6-12(11)15(18)20/h3-6,13,16H,2,7-10H2,1H3. The van der Waals surface area contributed by atoms with Crippen molar-refractivity contribution in [3.63, 3.8) is 0 Å². The molecule has 1 atom stereocenters. The van der Waals surface area contributed by atoms with Gasteiger partial charge in [-0.3, -0.25) is 19.4 Å². The highest BCUT2D eigenvalue weighted by molar-refractivity contribution is 6.21. The van der Waals surface area contributed by atoms with Gasteiger partial charge >= 0.3 is 0 Å². The Hall–Kier alpha value is -1.72. The molecule has 2 amide bonds. The van der Waals surface area contributed by atoms with Crippen molar-refractivity contribution in [3.05, 3.63) is 35.4 Å². The van der Waals surface area contributed by atoms with Gasteiger partial charge in [0.05, 0.1) is 11.1 Å². The topological polar surface area (TPSA) is 52.6 Å². The smallest absolute Gasteiger partial charge is 0.262 e. The number of carbonyl (C=O) groups is 2. The van der Waals surface area contributed by atoms with Crippen LogP contribution < -0.4 is 5.32 Å². The van der Waals surface area contributed by atoms with Crippen molar-refractivity contribution in [1.82, 2.24) is 15.1 Å². The summed E-state index contributed by atoms with van der Waals surface area (Å²) in [5.74, 6) is -0.333.